The lowest BCUT2D eigenvalue weighted by Gasteiger charge is -2.14. The van der Waals surface area contributed by atoms with Gasteiger partial charge in [0, 0.05) is 7.05 Å². The summed E-state index contributed by atoms with van der Waals surface area (Å²) in [6.45, 7) is -2.04. The number of fused-ring (bicyclic) bond motifs is 1. The molecular formula is C38H37ClF2N10O25S8. The molecule has 0 radical (unpaired) electrons. The van der Waals surface area contributed by atoms with E-state index in [0.717, 1.165) is 60.9 Å². The molecule has 5 aromatic carbocycles. The zero-order valence-corrected chi connectivity index (χ0v) is 48.7. The third-order valence-electron chi connectivity index (χ3n) is 9.72. The maximum atomic E-state index is 12.7. The quantitative estimate of drug-likeness (QED) is 0.00618. The number of phenolic OH excluding ortho intramolecular Hbond substituents is 1. The summed E-state index contributed by atoms with van der Waals surface area (Å²) in [7, 11) is -33.0. The third kappa shape index (κ3) is 19.5. The van der Waals surface area contributed by atoms with Crippen molar-refractivity contribution in [2.45, 2.75) is 29.4 Å². The number of aromatic nitrogens is 2. The van der Waals surface area contributed by atoms with Crippen LogP contribution >= 0.6 is 23.6 Å². The molecule has 1 heterocycles. The first-order valence-corrected chi connectivity index (χ1v) is 32.6. The first-order valence-electron chi connectivity index (χ1n) is 21.1. The van der Waals surface area contributed by atoms with Gasteiger partial charge in [0.15, 0.2) is 25.4 Å². The van der Waals surface area contributed by atoms with E-state index in [-0.39, 0.29) is 38.7 Å². The summed E-state index contributed by atoms with van der Waals surface area (Å²) in [6, 6.07) is 9.16. The average molecular weight is 1360 g/mol. The summed E-state index contributed by atoms with van der Waals surface area (Å²) in [4.78, 5) is 1.71. The number of nitrogens with two attached hydrogens (primary N) is 1. The number of benzene rings is 5. The fourth-order valence-electron chi connectivity index (χ4n) is 6.20. The van der Waals surface area contributed by atoms with Crippen LogP contribution in [0.4, 0.5) is 54.3 Å². The molecule has 35 nitrogen and oxygen atoms in total. The normalized spacial score (nSPS) is 12.8. The van der Waals surface area contributed by atoms with Crippen molar-refractivity contribution >= 4 is 151 Å². The summed E-state index contributed by atoms with van der Waals surface area (Å²) < 4.78 is 251. The maximum absolute atomic E-state index is 12.7. The topological polar surface area (TPSA) is 556 Å². The number of anilines is 2. The van der Waals surface area contributed by atoms with Gasteiger partial charge in [-0.05, 0) is 72.1 Å². The summed E-state index contributed by atoms with van der Waals surface area (Å²) in [5, 5.41) is 48.5. The molecule has 0 bridgehead atoms. The number of nitrogen functional groups attached to an aromatic ring is 1. The van der Waals surface area contributed by atoms with Gasteiger partial charge in [0.2, 0.25) is 5.95 Å². The van der Waals surface area contributed by atoms with Gasteiger partial charge in [0.1, 0.15) is 54.5 Å². The van der Waals surface area contributed by atoms with Crippen molar-refractivity contribution in [3.8, 4) is 5.75 Å². The zero-order valence-electron chi connectivity index (χ0n) is 41.4. The molecule has 10 N–H and O–H groups in total. The van der Waals surface area contributed by atoms with Crippen LogP contribution in [0.1, 0.15) is 0 Å². The van der Waals surface area contributed by atoms with Crippen LogP contribution in [0.3, 0.4) is 0 Å². The van der Waals surface area contributed by atoms with E-state index in [1.54, 1.807) is 0 Å². The largest absolute Gasteiger partial charge is 0.505 e. The average Bonchev–Trinajstić information content (AvgIpc) is 0.961. The number of rotatable bonds is 23. The molecule has 0 aliphatic carbocycles. The molecule has 0 saturated heterocycles. The summed E-state index contributed by atoms with van der Waals surface area (Å²) >= 11 is 5.29. The van der Waals surface area contributed by atoms with Crippen molar-refractivity contribution in [1.82, 2.24) is 9.97 Å². The Morgan fingerprint density at radius 3 is 1.65 bits per heavy atom. The molecule has 0 aliphatic heterocycles. The highest BCUT2D eigenvalue weighted by atomic mass is 35.5. The van der Waals surface area contributed by atoms with Crippen LogP contribution in [-0.4, -0.2) is 141 Å². The van der Waals surface area contributed by atoms with Gasteiger partial charge in [-0.2, -0.15) is 51.6 Å². The number of nitrogens with zero attached hydrogens (tertiary/aromatic N) is 8. The molecule has 0 spiro atoms. The van der Waals surface area contributed by atoms with Gasteiger partial charge in [-0.3, -0.25) is 27.2 Å². The molecular weight excluding hydrogens is 1330 g/mol. The second-order valence-electron chi connectivity index (χ2n) is 15.1. The second kappa shape index (κ2) is 28.5. The number of nitrogens with one attached hydrogen (secondary N) is 1. The van der Waals surface area contributed by atoms with Crippen LogP contribution in [0, 0.1) is 5.95 Å². The predicted octanol–water partition coefficient (Wildman–Crippen LogP) is 6.62. The number of hydrogen-bond donors (Lipinski definition) is 9. The molecule has 0 fully saturated rings. The highest BCUT2D eigenvalue weighted by Crippen LogP contribution is 2.50. The fourth-order valence-corrected chi connectivity index (χ4v) is 11.8. The number of halogens is 3. The highest BCUT2D eigenvalue weighted by Gasteiger charge is 2.28. The van der Waals surface area contributed by atoms with Gasteiger partial charge in [0.25, 0.3) is 30.4 Å². The Bertz CT molecular complexity index is 4360. The monoisotopic (exact) mass is 1360 g/mol. The number of azo groups is 3. The number of alkyl halides is 1. The van der Waals surface area contributed by atoms with Crippen molar-refractivity contribution in [3.05, 3.63) is 90.2 Å². The van der Waals surface area contributed by atoms with Crippen molar-refractivity contribution < 1.29 is 119 Å². The molecule has 0 unspecified atom stereocenters. The van der Waals surface area contributed by atoms with Crippen LogP contribution in [-0.2, 0) is 88.6 Å². The Labute approximate surface area is 482 Å². The minimum atomic E-state index is -5.37. The molecule has 0 atom stereocenters. The lowest BCUT2D eigenvalue weighted by molar-refractivity contribution is -0.432. The van der Waals surface area contributed by atoms with Crippen molar-refractivity contribution in [3.63, 3.8) is 0 Å². The third-order valence-corrected chi connectivity index (χ3v) is 17.5. The van der Waals surface area contributed by atoms with E-state index in [2.05, 4.69) is 63.7 Å². The minimum Gasteiger partial charge on any atom is -0.505 e. The van der Waals surface area contributed by atoms with Gasteiger partial charge in [0.05, 0.1) is 87.3 Å². The second-order valence-corrected chi connectivity index (χ2v) is 26.8. The Kier molecular flexibility index (Phi) is 23.7. The van der Waals surface area contributed by atoms with E-state index in [1.165, 1.54) is 13.2 Å². The lowest BCUT2D eigenvalue weighted by Crippen LogP contribution is -2.16. The lowest BCUT2D eigenvalue weighted by atomic mass is 10.1. The SMILES string of the molecule is CF.CNc1cc(N=Nc2c(SOOO)cc3cc(S(=O)(=O)O)c(N=Nc4ccc(S(=O)(=O)CCOS(=O)(=O)O)cc4)c(N)c3c2O)c(S(=O)(=O)O)cc1N=Nc1ccc(S(=O)(=O)CCOS(=O)(=O)O)cc1S(=O)(=O)O.Fc1ncncc1Cl. The van der Waals surface area contributed by atoms with Crippen LogP contribution in [0.25, 0.3) is 10.8 Å². The molecule has 46 heteroatoms. The first kappa shape index (κ1) is 69.9. The van der Waals surface area contributed by atoms with E-state index < -0.39 is 171 Å². The number of phenols is 1. The molecule has 0 amide bonds. The summed E-state index contributed by atoms with van der Waals surface area (Å²) in [5.41, 5.74) is 1.56. The molecule has 6 rings (SSSR count). The van der Waals surface area contributed by atoms with Crippen LogP contribution in [0.5, 0.6) is 5.75 Å². The standard InChI is InChI=1S/C33H32N8O25S8.C4H2ClFN2.CH3F/c1-35-22-15-24(27(71(51,52)53)16-23(22)38-37-21-7-6-20(14-26(21)70(48,49)50)69(46,47)11-9-64-74(60,61)62)39-40-31-25(67-66-65-43)12-17-13-28(72(54,55)56)32(30(34)29(17)33(31)42)41-36-18-2-4-19(5-3-18)68(44,45)10-8-63-73(57,58)59;5-3-1-7-2-8-4(3)6;1-2/h2-7,12-16,35,42-43H,8-11,34H2,1H3,(H,48,49,50)(H,51,52,53)(H,54,55,56)(H,57,58,59)(H,60,61,62);1-2H;1H3. The van der Waals surface area contributed by atoms with Gasteiger partial charge in [-0.15, -0.1) is 29.9 Å². The van der Waals surface area contributed by atoms with Crippen LogP contribution < -0.4 is 11.1 Å². The number of aromatic hydroxyl groups is 1. The molecule has 0 aliphatic rings. The van der Waals surface area contributed by atoms with Crippen LogP contribution in [0.2, 0.25) is 5.02 Å². The van der Waals surface area contributed by atoms with Gasteiger partial charge >= 0.3 is 20.8 Å². The van der Waals surface area contributed by atoms with Crippen molar-refractivity contribution in [2.75, 3.05) is 50.0 Å². The predicted molar refractivity (Wildman–Crippen MR) is 285 cm³/mol. The summed E-state index contributed by atoms with van der Waals surface area (Å²) in [6.07, 6.45) is 2.30. The Hall–Kier alpha value is -6.61. The minimum absolute atomic E-state index is 0.0486. The highest BCUT2D eigenvalue weighted by molar-refractivity contribution is 7.94. The zero-order chi connectivity index (χ0) is 63.4. The van der Waals surface area contributed by atoms with E-state index in [9.17, 15) is 86.5 Å². The number of sulfone groups is 2. The molecule has 6 aromatic rings. The fraction of sp³-hybridized carbons (Fsp3) is 0.158. The smallest absolute Gasteiger partial charge is 0.397 e. The van der Waals surface area contributed by atoms with E-state index >= 15 is 0 Å². The van der Waals surface area contributed by atoms with E-state index in [1.807, 2.05) is 0 Å². The Morgan fingerprint density at radius 2 is 1.15 bits per heavy atom. The molecule has 84 heavy (non-hydrogen) atoms. The molecule has 458 valence electrons. The van der Waals surface area contributed by atoms with E-state index in [0.29, 0.717) is 19.3 Å². The molecule has 1 aromatic heterocycles. The Morgan fingerprint density at radius 1 is 0.643 bits per heavy atom. The van der Waals surface area contributed by atoms with Crippen molar-refractivity contribution in [2.24, 2.45) is 30.7 Å². The van der Waals surface area contributed by atoms with Crippen molar-refractivity contribution in [1.29, 1.82) is 0 Å². The van der Waals surface area contributed by atoms with Gasteiger partial charge < -0.3 is 16.2 Å². The van der Waals surface area contributed by atoms with Gasteiger partial charge in [-0.25, -0.2) is 40.4 Å². The van der Waals surface area contributed by atoms with E-state index in [4.69, 9.17) is 31.7 Å². The first-order chi connectivity index (χ1) is 38.9. The Balaban J connectivity index is 0.00000138. The maximum Gasteiger partial charge on any atom is 0.397 e. The summed E-state index contributed by atoms with van der Waals surface area (Å²) in [5.74, 6) is -3.70. The molecule has 0 saturated carbocycles. The van der Waals surface area contributed by atoms with Crippen LogP contribution in [0.15, 0.2) is 139 Å². The number of hydrogen-bond acceptors (Lipinski definition) is 31. The van der Waals surface area contributed by atoms with Gasteiger partial charge in [-0.1, -0.05) is 16.6 Å².